The predicted molar refractivity (Wildman–Crippen MR) is 78.1 cm³/mol. The van der Waals surface area contributed by atoms with Crippen molar-refractivity contribution in [2.75, 3.05) is 13.4 Å². The second kappa shape index (κ2) is 10.1. The average Bonchev–Trinajstić information content (AvgIpc) is 2.25. The van der Waals surface area contributed by atoms with Crippen molar-refractivity contribution in [3.8, 4) is 0 Å². The Hall–Kier alpha value is 0.137. The molecule has 0 rings (SSSR count). The minimum absolute atomic E-state index is 0.393. The molecule has 2 nitrogen and oxygen atoms in total. The fourth-order valence-electron chi connectivity index (χ4n) is 1.88. The number of unbranched alkanes of at least 4 members (excludes halogenated alkanes) is 2. The highest BCUT2D eigenvalue weighted by Gasteiger charge is 2.24. The van der Waals surface area contributed by atoms with Crippen LogP contribution in [0.1, 0.15) is 66.7 Å². The van der Waals surface area contributed by atoms with Crippen molar-refractivity contribution in [3.63, 3.8) is 0 Å². The quantitative estimate of drug-likeness (QED) is 0.337. The highest BCUT2D eigenvalue weighted by molar-refractivity contribution is 6.29. The van der Waals surface area contributed by atoms with Crippen molar-refractivity contribution in [2.45, 2.75) is 72.3 Å². The molecule has 0 aromatic carbocycles. The van der Waals surface area contributed by atoms with Crippen LogP contribution in [0.25, 0.3) is 0 Å². The van der Waals surface area contributed by atoms with Gasteiger partial charge in [0.15, 0.2) is 9.76 Å². The maximum absolute atomic E-state index is 5.77. The summed E-state index contributed by atoms with van der Waals surface area (Å²) in [5.74, 6) is 0. The van der Waals surface area contributed by atoms with Gasteiger partial charge in [0, 0.05) is 6.61 Å². The monoisotopic (exact) mass is 260 g/mol. The first-order valence-electron chi connectivity index (χ1n) is 7.17. The molecule has 0 aliphatic rings. The van der Waals surface area contributed by atoms with E-state index in [0.717, 1.165) is 12.1 Å². The summed E-state index contributed by atoms with van der Waals surface area (Å²) in [7, 11) is -0.454. The molecule has 0 aromatic heterocycles. The summed E-state index contributed by atoms with van der Waals surface area (Å²) in [6.07, 6.45) is 6.24. The molecule has 0 heterocycles. The van der Waals surface area contributed by atoms with Crippen LogP contribution in [0.3, 0.4) is 0 Å². The topological polar surface area (TPSA) is 18.5 Å². The molecule has 1 unspecified atom stereocenters. The smallest absolute Gasteiger partial charge is 0.168 e. The Morgan fingerprint density at radius 3 is 2.29 bits per heavy atom. The van der Waals surface area contributed by atoms with Gasteiger partial charge < -0.3 is 9.16 Å². The second-order valence-corrected chi connectivity index (χ2v) is 7.68. The van der Waals surface area contributed by atoms with Crippen LogP contribution in [-0.2, 0) is 9.16 Å². The van der Waals surface area contributed by atoms with E-state index in [1.54, 1.807) is 0 Å². The van der Waals surface area contributed by atoms with Crippen molar-refractivity contribution < 1.29 is 9.16 Å². The molecule has 0 amide bonds. The van der Waals surface area contributed by atoms with Crippen molar-refractivity contribution in [1.82, 2.24) is 0 Å². The number of ether oxygens (including phenoxy) is 1. The van der Waals surface area contributed by atoms with Gasteiger partial charge in [-0.15, -0.1) is 0 Å². The molecule has 0 fully saturated rings. The summed E-state index contributed by atoms with van der Waals surface area (Å²) < 4.78 is 11.3. The molecule has 0 spiro atoms. The molecule has 3 heteroatoms. The van der Waals surface area contributed by atoms with Gasteiger partial charge in [-0.2, -0.15) is 0 Å². The van der Waals surface area contributed by atoms with Gasteiger partial charge in [0.05, 0.1) is 0 Å². The third kappa shape index (κ3) is 9.80. The van der Waals surface area contributed by atoms with Gasteiger partial charge >= 0.3 is 0 Å². The van der Waals surface area contributed by atoms with E-state index in [0.29, 0.717) is 12.2 Å². The molecular formula is C14H32O2Si. The van der Waals surface area contributed by atoms with Gasteiger partial charge in [0.2, 0.25) is 0 Å². The minimum atomic E-state index is -0.454. The summed E-state index contributed by atoms with van der Waals surface area (Å²) in [6, 6.07) is 0. The van der Waals surface area contributed by atoms with E-state index in [4.69, 9.17) is 9.16 Å². The third-order valence-corrected chi connectivity index (χ3v) is 5.68. The van der Waals surface area contributed by atoms with Crippen molar-refractivity contribution in [2.24, 2.45) is 5.41 Å². The van der Waals surface area contributed by atoms with Crippen LogP contribution in [0.4, 0.5) is 0 Å². The number of hydrogen-bond acceptors (Lipinski definition) is 2. The van der Waals surface area contributed by atoms with Gasteiger partial charge in [-0.3, -0.25) is 0 Å². The maximum atomic E-state index is 5.77. The maximum Gasteiger partial charge on any atom is 0.168 e. The number of rotatable bonds is 10. The molecule has 0 radical (unpaired) electrons. The van der Waals surface area contributed by atoms with Crippen LogP contribution < -0.4 is 0 Å². The SMILES string of the molecule is CCCCCOCO[SiH2]C(CCC)C(C)(C)C. The van der Waals surface area contributed by atoms with Crippen LogP contribution in [0.5, 0.6) is 0 Å². The van der Waals surface area contributed by atoms with Gasteiger partial charge in [-0.25, -0.2) is 0 Å². The van der Waals surface area contributed by atoms with E-state index in [9.17, 15) is 0 Å². The first-order valence-corrected chi connectivity index (χ1v) is 8.57. The lowest BCUT2D eigenvalue weighted by Gasteiger charge is -2.29. The lowest BCUT2D eigenvalue weighted by Crippen LogP contribution is -2.23. The normalized spacial score (nSPS) is 14.6. The molecule has 0 aliphatic heterocycles. The Labute approximate surface area is 110 Å². The lowest BCUT2D eigenvalue weighted by molar-refractivity contribution is 0.0128. The Kier molecular flexibility index (Phi) is 10.2. The first-order chi connectivity index (χ1) is 8.02. The van der Waals surface area contributed by atoms with E-state index in [2.05, 4.69) is 34.6 Å². The largest absolute Gasteiger partial charge is 0.402 e. The van der Waals surface area contributed by atoms with Gasteiger partial charge in [0.1, 0.15) is 6.79 Å². The molecule has 0 saturated carbocycles. The molecule has 1 atom stereocenters. The summed E-state index contributed by atoms with van der Waals surface area (Å²) in [6.45, 7) is 12.8. The van der Waals surface area contributed by atoms with Crippen LogP contribution in [0.2, 0.25) is 5.54 Å². The van der Waals surface area contributed by atoms with Crippen LogP contribution in [0, 0.1) is 5.41 Å². The standard InChI is InChI=1S/C14H32O2Si/c1-6-8-9-11-15-12-16-17-13(10-7-2)14(3,4)5/h13H,6-12,17H2,1-5H3. The fraction of sp³-hybridized carbons (Fsp3) is 1.00. The molecule has 17 heavy (non-hydrogen) atoms. The Morgan fingerprint density at radius 1 is 1.06 bits per heavy atom. The summed E-state index contributed by atoms with van der Waals surface area (Å²) in [4.78, 5) is 0. The molecule has 0 aliphatic carbocycles. The molecular weight excluding hydrogens is 228 g/mol. The molecule has 104 valence electrons. The second-order valence-electron chi connectivity index (χ2n) is 5.96. The molecule has 0 saturated heterocycles. The van der Waals surface area contributed by atoms with Gasteiger partial charge in [0.25, 0.3) is 0 Å². The van der Waals surface area contributed by atoms with Gasteiger partial charge in [-0.05, 0) is 17.4 Å². The Balaban J connectivity index is 3.55. The highest BCUT2D eigenvalue weighted by atomic mass is 28.2. The van der Waals surface area contributed by atoms with Crippen LogP contribution >= 0.6 is 0 Å². The number of hydrogen-bond donors (Lipinski definition) is 0. The van der Waals surface area contributed by atoms with Crippen LogP contribution in [0.15, 0.2) is 0 Å². The van der Waals surface area contributed by atoms with Crippen molar-refractivity contribution >= 4 is 9.76 Å². The predicted octanol–water partition coefficient (Wildman–Crippen LogP) is 3.89. The minimum Gasteiger partial charge on any atom is -0.402 e. The van der Waals surface area contributed by atoms with E-state index in [1.807, 2.05) is 0 Å². The van der Waals surface area contributed by atoms with Crippen LogP contribution in [-0.4, -0.2) is 23.2 Å². The molecule has 0 N–H and O–H groups in total. The zero-order chi connectivity index (χ0) is 13.1. The Bertz CT molecular complexity index is 166. The molecule has 0 bridgehead atoms. The fourth-order valence-corrected chi connectivity index (χ4v) is 3.45. The highest BCUT2D eigenvalue weighted by Crippen LogP contribution is 2.34. The zero-order valence-electron chi connectivity index (χ0n) is 12.6. The van der Waals surface area contributed by atoms with E-state index >= 15 is 0 Å². The molecule has 0 aromatic rings. The van der Waals surface area contributed by atoms with E-state index < -0.39 is 9.76 Å². The summed E-state index contributed by atoms with van der Waals surface area (Å²) in [5.41, 5.74) is 1.16. The third-order valence-electron chi connectivity index (χ3n) is 3.24. The van der Waals surface area contributed by atoms with E-state index in [1.165, 1.54) is 32.1 Å². The zero-order valence-corrected chi connectivity index (χ0v) is 14.0. The first kappa shape index (κ1) is 17.1. The van der Waals surface area contributed by atoms with E-state index in [-0.39, 0.29) is 0 Å². The lowest BCUT2D eigenvalue weighted by atomic mass is 9.89. The average molecular weight is 260 g/mol. The van der Waals surface area contributed by atoms with Crippen molar-refractivity contribution in [1.29, 1.82) is 0 Å². The summed E-state index contributed by atoms with van der Waals surface area (Å²) in [5, 5.41) is 0. The van der Waals surface area contributed by atoms with Crippen molar-refractivity contribution in [3.05, 3.63) is 0 Å². The summed E-state index contributed by atoms with van der Waals surface area (Å²) >= 11 is 0. The van der Waals surface area contributed by atoms with Gasteiger partial charge in [-0.1, -0.05) is 60.3 Å². The Morgan fingerprint density at radius 2 is 1.76 bits per heavy atom.